The second-order valence-corrected chi connectivity index (χ2v) is 3.61. The topological polar surface area (TPSA) is 46.6 Å². The molecule has 1 aliphatic rings. The molecule has 1 rings (SSSR count). The zero-order valence-electron chi connectivity index (χ0n) is 8.23. The van der Waals surface area contributed by atoms with Gasteiger partial charge in [0.1, 0.15) is 4.91 Å². The molecule has 0 spiro atoms. The molecule has 0 N–H and O–H groups in total. The number of methoxy groups -OCH3 is 1. The van der Waals surface area contributed by atoms with Crippen molar-refractivity contribution in [3.63, 3.8) is 0 Å². The van der Waals surface area contributed by atoms with Crippen LogP contribution in [0.25, 0.3) is 0 Å². The van der Waals surface area contributed by atoms with Gasteiger partial charge < -0.3 is 4.74 Å². The summed E-state index contributed by atoms with van der Waals surface area (Å²) in [5.41, 5.74) is 0.608. The summed E-state index contributed by atoms with van der Waals surface area (Å²) in [6.45, 7) is 3.16. The molecule has 0 atom stereocenters. The smallest absolute Gasteiger partial charge is 0.346 e. The number of hydrogen-bond acceptors (Lipinski definition) is 4. The first-order chi connectivity index (χ1) is 6.57. The van der Waals surface area contributed by atoms with E-state index in [-0.39, 0.29) is 5.91 Å². The maximum atomic E-state index is 11.3. The van der Waals surface area contributed by atoms with Crippen molar-refractivity contribution in [1.29, 1.82) is 0 Å². The van der Waals surface area contributed by atoms with Gasteiger partial charge in [0.25, 0.3) is 0 Å². The third-order valence-corrected chi connectivity index (χ3v) is 2.75. The van der Waals surface area contributed by atoms with Crippen molar-refractivity contribution >= 4 is 23.6 Å². The first kappa shape index (κ1) is 10.8. The monoisotopic (exact) mass is 213 g/mol. The zero-order chi connectivity index (χ0) is 10.7. The number of amides is 1. The van der Waals surface area contributed by atoms with Gasteiger partial charge in [0, 0.05) is 18.8 Å². The zero-order valence-corrected chi connectivity index (χ0v) is 9.05. The fourth-order valence-corrected chi connectivity index (χ4v) is 1.86. The Bertz CT molecular complexity index is 333. The number of carbonyl (C=O) groups is 2. The molecule has 4 nitrogen and oxygen atoms in total. The third-order valence-electron chi connectivity index (χ3n) is 1.80. The van der Waals surface area contributed by atoms with E-state index in [1.54, 1.807) is 18.5 Å². The molecule has 1 aliphatic heterocycles. The van der Waals surface area contributed by atoms with Gasteiger partial charge in [-0.2, -0.15) is 0 Å². The van der Waals surface area contributed by atoms with Crippen LogP contribution < -0.4 is 0 Å². The van der Waals surface area contributed by atoms with Crippen molar-refractivity contribution in [2.75, 3.05) is 7.11 Å². The lowest BCUT2D eigenvalue weighted by molar-refractivity contribution is -0.135. The minimum Gasteiger partial charge on any atom is -0.465 e. The Hall–Kier alpha value is -1.23. The third kappa shape index (κ3) is 1.98. The lowest BCUT2D eigenvalue weighted by atomic mass is 10.3. The number of allylic oxidation sites excluding steroid dienone is 1. The fourth-order valence-electron chi connectivity index (χ4n) is 1.10. The fraction of sp³-hybridized carbons (Fsp3) is 0.333. The number of hydrogen-bond donors (Lipinski definition) is 0. The number of ether oxygens (including phenoxy) is 1. The van der Waals surface area contributed by atoms with Crippen LogP contribution in [-0.2, 0) is 14.3 Å². The van der Waals surface area contributed by atoms with Crippen molar-refractivity contribution in [1.82, 2.24) is 4.90 Å². The lowest BCUT2D eigenvalue weighted by Gasteiger charge is -2.22. The summed E-state index contributed by atoms with van der Waals surface area (Å²) in [5.74, 6) is -0.538. The summed E-state index contributed by atoms with van der Waals surface area (Å²) in [5, 5.41) is 1.68. The van der Waals surface area contributed by atoms with E-state index >= 15 is 0 Å². The number of thioether (sulfide) groups is 1. The summed E-state index contributed by atoms with van der Waals surface area (Å²) in [7, 11) is 1.32. The van der Waals surface area contributed by atoms with Crippen molar-refractivity contribution in [2.24, 2.45) is 0 Å². The molecule has 0 saturated heterocycles. The predicted octanol–water partition coefficient (Wildman–Crippen LogP) is 1.46. The molecule has 0 fully saturated rings. The Kier molecular flexibility index (Phi) is 3.35. The Morgan fingerprint density at radius 1 is 1.50 bits per heavy atom. The quantitative estimate of drug-likeness (QED) is 0.619. The highest BCUT2D eigenvalue weighted by Gasteiger charge is 2.21. The number of carbonyl (C=O) groups excluding carboxylic acids is 2. The maximum absolute atomic E-state index is 11.3. The van der Waals surface area contributed by atoms with Crippen LogP contribution in [0.5, 0.6) is 0 Å². The van der Waals surface area contributed by atoms with E-state index in [1.807, 2.05) is 0 Å². The molecule has 1 amide bonds. The summed E-state index contributed by atoms with van der Waals surface area (Å²) < 4.78 is 4.60. The average molecular weight is 213 g/mol. The molecule has 5 heteroatoms. The van der Waals surface area contributed by atoms with E-state index in [4.69, 9.17) is 0 Å². The SMILES string of the molecule is COC(=O)C1=C(C)N(C(C)=O)C=CS1. The van der Waals surface area contributed by atoms with Gasteiger partial charge in [0.2, 0.25) is 5.91 Å². The van der Waals surface area contributed by atoms with E-state index in [9.17, 15) is 9.59 Å². The van der Waals surface area contributed by atoms with Crippen LogP contribution in [0.3, 0.4) is 0 Å². The van der Waals surface area contributed by atoms with Gasteiger partial charge in [-0.15, -0.1) is 0 Å². The number of esters is 1. The molecule has 0 aliphatic carbocycles. The Labute approximate surface area is 86.6 Å². The van der Waals surface area contributed by atoms with Crippen molar-refractivity contribution in [2.45, 2.75) is 13.8 Å². The molecule has 0 aromatic heterocycles. The minimum atomic E-state index is -0.414. The number of nitrogens with zero attached hydrogens (tertiary/aromatic N) is 1. The summed E-state index contributed by atoms with van der Waals surface area (Å²) in [6.07, 6.45) is 1.63. The second kappa shape index (κ2) is 4.32. The summed E-state index contributed by atoms with van der Waals surface area (Å²) in [4.78, 5) is 24.3. The summed E-state index contributed by atoms with van der Waals surface area (Å²) in [6, 6.07) is 0. The molecular weight excluding hydrogens is 202 g/mol. The van der Waals surface area contributed by atoms with E-state index in [0.29, 0.717) is 10.6 Å². The highest BCUT2D eigenvalue weighted by molar-refractivity contribution is 8.06. The van der Waals surface area contributed by atoms with Crippen LogP contribution in [0.15, 0.2) is 22.2 Å². The Balaban J connectivity index is 3.00. The minimum absolute atomic E-state index is 0.125. The van der Waals surface area contributed by atoms with Crippen LogP contribution >= 0.6 is 11.8 Å². The van der Waals surface area contributed by atoms with Gasteiger partial charge in [-0.05, 0) is 12.3 Å². The van der Waals surface area contributed by atoms with Crippen LogP contribution in [0.1, 0.15) is 13.8 Å². The van der Waals surface area contributed by atoms with Crippen LogP contribution in [0, 0.1) is 0 Å². The molecule has 0 saturated carbocycles. The Morgan fingerprint density at radius 3 is 2.64 bits per heavy atom. The number of rotatable bonds is 1. The average Bonchev–Trinajstić information content (AvgIpc) is 2.16. The highest BCUT2D eigenvalue weighted by Crippen LogP contribution is 2.29. The van der Waals surface area contributed by atoms with Gasteiger partial charge in [-0.3, -0.25) is 9.69 Å². The molecule has 14 heavy (non-hydrogen) atoms. The summed E-state index contributed by atoms with van der Waals surface area (Å²) >= 11 is 1.26. The molecule has 1 heterocycles. The van der Waals surface area contributed by atoms with Crippen molar-refractivity contribution < 1.29 is 14.3 Å². The van der Waals surface area contributed by atoms with Crippen LogP contribution in [0.2, 0.25) is 0 Å². The molecule has 76 valence electrons. The van der Waals surface area contributed by atoms with Gasteiger partial charge in [0.15, 0.2) is 0 Å². The highest BCUT2D eigenvalue weighted by atomic mass is 32.2. The molecule has 0 aromatic rings. The van der Waals surface area contributed by atoms with Gasteiger partial charge in [-0.25, -0.2) is 4.79 Å². The largest absolute Gasteiger partial charge is 0.465 e. The molecule has 0 aromatic carbocycles. The predicted molar refractivity (Wildman–Crippen MR) is 54.0 cm³/mol. The molecular formula is C9H11NO3S. The molecule has 0 radical (unpaired) electrons. The van der Waals surface area contributed by atoms with Crippen molar-refractivity contribution in [3.8, 4) is 0 Å². The maximum Gasteiger partial charge on any atom is 0.346 e. The van der Waals surface area contributed by atoms with E-state index < -0.39 is 5.97 Å². The first-order valence-electron chi connectivity index (χ1n) is 4.00. The van der Waals surface area contributed by atoms with Gasteiger partial charge >= 0.3 is 5.97 Å². The Morgan fingerprint density at radius 2 is 2.14 bits per heavy atom. The lowest BCUT2D eigenvalue weighted by Crippen LogP contribution is -2.25. The normalized spacial score (nSPS) is 15.8. The molecule has 0 unspecified atom stereocenters. The van der Waals surface area contributed by atoms with Crippen molar-refractivity contribution in [3.05, 3.63) is 22.2 Å². The van der Waals surface area contributed by atoms with E-state index in [1.165, 1.54) is 30.7 Å². The first-order valence-corrected chi connectivity index (χ1v) is 4.88. The van der Waals surface area contributed by atoms with E-state index in [2.05, 4.69) is 4.74 Å². The standard InChI is InChI=1S/C9H11NO3S/c1-6-8(9(12)13-3)14-5-4-10(6)7(2)11/h4-5H,1-3H3. The van der Waals surface area contributed by atoms with Crippen LogP contribution in [0.4, 0.5) is 0 Å². The van der Waals surface area contributed by atoms with Crippen LogP contribution in [-0.4, -0.2) is 23.9 Å². The van der Waals surface area contributed by atoms with E-state index in [0.717, 1.165) is 0 Å². The van der Waals surface area contributed by atoms with Gasteiger partial charge in [-0.1, -0.05) is 11.8 Å². The van der Waals surface area contributed by atoms with Gasteiger partial charge in [0.05, 0.1) is 7.11 Å². The molecule has 0 bridgehead atoms. The second-order valence-electron chi connectivity index (χ2n) is 2.70.